The molecule has 0 aliphatic carbocycles. The molecule has 0 amide bonds. The normalized spacial score (nSPS) is 12.3. The maximum absolute atomic E-state index is 11.4. The zero-order chi connectivity index (χ0) is 13.7. The Kier molecular flexibility index (Phi) is 4.93. The van der Waals surface area contributed by atoms with Crippen molar-refractivity contribution in [3.05, 3.63) is 35.6 Å². The second-order valence-electron chi connectivity index (χ2n) is 3.92. The van der Waals surface area contributed by atoms with Gasteiger partial charge in [-0.05, 0) is 24.6 Å². The standard InChI is InChI=1S/C12H14ClN3O2S/c1-19(17)12-15-14-9-16(12)6-3-7-18-11-5-2-4-10(13)8-11/h2,4-5,8-9H,3,6-7H2,1H3/t19-/m1/s1. The van der Waals surface area contributed by atoms with Crippen molar-refractivity contribution >= 4 is 22.4 Å². The number of rotatable bonds is 6. The highest BCUT2D eigenvalue weighted by Gasteiger charge is 2.07. The van der Waals surface area contributed by atoms with Gasteiger partial charge in [-0.1, -0.05) is 17.7 Å². The number of halogens is 1. The molecule has 0 fully saturated rings. The first-order valence-electron chi connectivity index (χ1n) is 5.76. The molecule has 1 atom stereocenters. The van der Waals surface area contributed by atoms with Crippen molar-refractivity contribution in [2.24, 2.45) is 0 Å². The molecule has 0 N–H and O–H groups in total. The topological polar surface area (TPSA) is 57.0 Å². The molecule has 2 aromatic rings. The summed E-state index contributed by atoms with van der Waals surface area (Å²) in [6, 6.07) is 7.27. The van der Waals surface area contributed by atoms with E-state index in [9.17, 15) is 4.21 Å². The molecule has 0 spiro atoms. The largest absolute Gasteiger partial charge is 0.493 e. The molecule has 0 saturated carbocycles. The monoisotopic (exact) mass is 299 g/mol. The van der Waals surface area contributed by atoms with Gasteiger partial charge in [0.05, 0.1) is 17.4 Å². The predicted molar refractivity (Wildman–Crippen MR) is 73.9 cm³/mol. The van der Waals surface area contributed by atoms with E-state index in [-0.39, 0.29) is 0 Å². The highest BCUT2D eigenvalue weighted by Crippen LogP contribution is 2.17. The van der Waals surface area contributed by atoms with Gasteiger partial charge >= 0.3 is 0 Å². The Morgan fingerprint density at radius 3 is 3.05 bits per heavy atom. The summed E-state index contributed by atoms with van der Waals surface area (Å²) in [4.78, 5) is 0. The minimum Gasteiger partial charge on any atom is -0.493 e. The maximum Gasteiger partial charge on any atom is 0.221 e. The molecule has 0 bridgehead atoms. The zero-order valence-corrected chi connectivity index (χ0v) is 12.0. The summed E-state index contributed by atoms with van der Waals surface area (Å²) in [5, 5.41) is 8.71. The Hall–Kier alpha value is -1.40. The third-order valence-corrected chi connectivity index (χ3v) is 3.51. The Balaban J connectivity index is 1.81. The Labute approximate surface area is 119 Å². The third-order valence-electron chi connectivity index (χ3n) is 2.45. The Morgan fingerprint density at radius 2 is 2.32 bits per heavy atom. The van der Waals surface area contributed by atoms with Gasteiger partial charge in [0.15, 0.2) is 0 Å². The van der Waals surface area contributed by atoms with Crippen LogP contribution in [0.5, 0.6) is 5.75 Å². The number of nitrogens with zero attached hydrogens (tertiary/aromatic N) is 3. The average Bonchev–Trinajstić information content (AvgIpc) is 2.83. The van der Waals surface area contributed by atoms with E-state index < -0.39 is 10.8 Å². The molecule has 2 rings (SSSR count). The minimum atomic E-state index is -1.12. The summed E-state index contributed by atoms with van der Waals surface area (Å²) in [6.45, 7) is 1.22. The fraction of sp³-hybridized carbons (Fsp3) is 0.333. The predicted octanol–water partition coefficient (Wildman–Crippen LogP) is 2.14. The fourth-order valence-corrected chi connectivity index (χ4v) is 2.41. The highest BCUT2D eigenvalue weighted by molar-refractivity contribution is 7.84. The maximum atomic E-state index is 11.4. The number of benzene rings is 1. The van der Waals surface area contributed by atoms with Crippen LogP contribution in [0.3, 0.4) is 0 Å². The molecule has 19 heavy (non-hydrogen) atoms. The Morgan fingerprint density at radius 1 is 1.47 bits per heavy atom. The van der Waals surface area contributed by atoms with E-state index in [2.05, 4.69) is 10.2 Å². The summed E-state index contributed by atoms with van der Waals surface area (Å²) in [6.07, 6.45) is 3.94. The molecule has 0 aliphatic rings. The quantitative estimate of drug-likeness (QED) is 0.767. The second kappa shape index (κ2) is 6.68. The number of ether oxygens (including phenoxy) is 1. The molecule has 102 valence electrons. The SMILES string of the molecule is C[S@@](=O)c1nncn1CCCOc1cccc(Cl)c1. The van der Waals surface area contributed by atoms with E-state index in [1.54, 1.807) is 29.3 Å². The summed E-state index contributed by atoms with van der Waals surface area (Å²) in [5.74, 6) is 0.746. The van der Waals surface area contributed by atoms with Crippen molar-refractivity contribution < 1.29 is 8.95 Å². The van der Waals surface area contributed by atoms with Crippen LogP contribution in [0, 0.1) is 0 Å². The van der Waals surface area contributed by atoms with E-state index in [1.165, 1.54) is 0 Å². The number of aromatic nitrogens is 3. The number of aryl methyl sites for hydroxylation is 1. The lowest BCUT2D eigenvalue weighted by Gasteiger charge is -2.07. The molecular weight excluding hydrogens is 286 g/mol. The summed E-state index contributed by atoms with van der Waals surface area (Å²) >= 11 is 5.86. The molecule has 1 aromatic carbocycles. The zero-order valence-electron chi connectivity index (χ0n) is 10.5. The van der Waals surface area contributed by atoms with E-state index in [1.807, 2.05) is 12.1 Å². The van der Waals surface area contributed by atoms with Crippen LogP contribution in [0.1, 0.15) is 6.42 Å². The first kappa shape index (κ1) is 14.0. The summed E-state index contributed by atoms with van der Waals surface area (Å²) < 4.78 is 18.7. The van der Waals surface area contributed by atoms with Crippen molar-refractivity contribution in [2.45, 2.75) is 18.1 Å². The molecule has 7 heteroatoms. The first-order valence-corrected chi connectivity index (χ1v) is 7.70. The van der Waals surface area contributed by atoms with Gasteiger partial charge in [0.2, 0.25) is 5.16 Å². The summed E-state index contributed by atoms with van der Waals surface area (Å²) in [7, 11) is -1.12. The van der Waals surface area contributed by atoms with Crippen LogP contribution in [-0.4, -0.2) is 31.8 Å². The van der Waals surface area contributed by atoms with Crippen LogP contribution >= 0.6 is 11.6 Å². The lowest BCUT2D eigenvalue weighted by atomic mass is 10.3. The molecular formula is C12H14ClN3O2S. The molecule has 1 aromatic heterocycles. The lowest BCUT2D eigenvalue weighted by Crippen LogP contribution is -2.07. The van der Waals surface area contributed by atoms with Crippen LogP contribution in [0.2, 0.25) is 5.02 Å². The van der Waals surface area contributed by atoms with Gasteiger partial charge in [-0.3, -0.25) is 4.21 Å². The third kappa shape index (κ3) is 4.04. The van der Waals surface area contributed by atoms with Gasteiger partial charge in [-0.15, -0.1) is 10.2 Å². The van der Waals surface area contributed by atoms with E-state index in [0.717, 1.165) is 12.2 Å². The highest BCUT2D eigenvalue weighted by atomic mass is 35.5. The number of hydrogen-bond donors (Lipinski definition) is 0. The molecule has 1 heterocycles. The van der Waals surface area contributed by atoms with E-state index >= 15 is 0 Å². The van der Waals surface area contributed by atoms with Gasteiger partial charge in [-0.2, -0.15) is 0 Å². The molecule has 5 nitrogen and oxygen atoms in total. The van der Waals surface area contributed by atoms with Crippen molar-refractivity contribution in [2.75, 3.05) is 12.9 Å². The molecule has 0 radical (unpaired) electrons. The van der Waals surface area contributed by atoms with E-state index in [4.69, 9.17) is 16.3 Å². The van der Waals surface area contributed by atoms with Crippen LogP contribution in [-0.2, 0) is 17.3 Å². The van der Waals surface area contributed by atoms with E-state index in [0.29, 0.717) is 23.3 Å². The molecule has 0 aliphatic heterocycles. The van der Waals surface area contributed by atoms with Gasteiger partial charge in [0.25, 0.3) is 0 Å². The summed E-state index contributed by atoms with van der Waals surface area (Å²) in [5.41, 5.74) is 0. The van der Waals surface area contributed by atoms with Crippen LogP contribution in [0.15, 0.2) is 35.7 Å². The van der Waals surface area contributed by atoms with Gasteiger partial charge < -0.3 is 9.30 Å². The Bertz CT molecular complexity index is 574. The van der Waals surface area contributed by atoms with Gasteiger partial charge in [0.1, 0.15) is 12.1 Å². The smallest absolute Gasteiger partial charge is 0.221 e. The van der Waals surface area contributed by atoms with Crippen LogP contribution in [0.25, 0.3) is 0 Å². The van der Waals surface area contributed by atoms with Crippen molar-refractivity contribution in [1.29, 1.82) is 0 Å². The van der Waals surface area contributed by atoms with Crippen molar-refractivity contribution in [1.82, 2.24) is 14.8 Å². The van der Waals surface area contributed by atoms with Gasteiger partial charge in [0, 0.05) is 17.8 Å². The molecule has 0 saturated heterocycles. The minimum absolute atomic E-state index is 0.489. The van der Waals surface area contributed by atoms with Crippen LogP contribution < -0.4 is 4.74 Å². The fourth-order valence-electron chi connectivity index (χ4n) is 1.60. The average molecular weight is 300 g/mol. The van der Waals surface area contributed by atoms with Crippen LogP contribution in [0.4, 0.5) is 0 Å². The van der Waals surface area contributed by atoms with Crippen molar-refractivity contribution in [3.8, 4) is 5.75 Å². The lowest BCUT2D eigenvalue weighted by molar-refractivity contribution is 0.299. The molecule has 0 unspecified atom stereocenters. The number of hydrogen-bond acceptors (Lipinski definition) is 4. The van der Waals surface area contributed by atoms with Crippen molar-refractivity contribution in [3.63, 3.8) is 0 Å². The second-order valence-corrected chi connectivity index (χ2v) is 5.63. The van der Waals surface area contributed by atoms with Gasteiger partial charge in [-0.25, -0.2) is 0 Å². The first-order chi connectivity index (χ1) is 9.16.